The van der Waals surface area contributed by atoms with Crippen molar-refractivity contribution in [3.8, 4) is 11.3 Å². The molecule has 3 rings (SSSR count). The number of alkyl halides is 3. The molecule has 160 valence electrons. The number of aryl methyl sites for hydroxylation is 2. The predicted molar refractivity (Wildman–Crippen MR) is 110 cm³/mol. The van der Waals surface area contributed by atoms with Crippen molar-refractivity contribution < 1.29 is 18.0 Å². The van der Waals surface area contributed by atoms with Crippen LogP contribution in [0.3, 0.4) is 0 Å². The number of amides is 1. The van der Waals surface area contributed by atoms with Gasteiger partial charge in [0.25, 0.3) is 5.91 Å². The molecule has 5 nitrogen and oxygen atoms in total. The van der Waals surface area contributed by atoms with Gasteiger partial charge in [-0.25, -0.2) is 4.98 Å². The minimum absolute atomic E-state index is 0.0326. The third-order valence-corrected chi connectivity index (χ3v) is 4.59. The number of fused-ring (bicyclic) bond motifs is 1. The summed E-state index contributed by atoms with van der Waals surface area (Å²) in [4.78, 5) is 18.9. The van der Waals surface area contributed by atoms with Gasteiger partial charge in [-0.3, -0.25) is 9.48 Å². The Labute approximate surface area is 173 Å². The maximum atomic E-state index is 13.4. The fourth-order valence-corrected chi connectivity index (χ4v) is 3.53. The van der Waals surface area contributed by atoms with Gasteiger partial charge in [0.05, 0.1) is 22.3 Å². The molecule has 0 spiro atoms. The lowest BCUT2D eigenvalue weighted by molar-refractivity contribution is -0.142. The average molecular weight is 418 g/mol. The first-order valence-corrected chi connectivity index (χ1v) is 9.61. The third kappa shape index (κ3) is 4.80. The molecule has 0 radical (unpaired) electrons. The number of nitrogens with zero attached hydrogens (tertiary/aromatic N) is 4. The highest BCUT2D eigenvalue weighted by atomic mass is 19.4. The van der Waals surface area contributed by atoms with Gasteiger partial charge in [0, 0.05) is 19.2 Å². The number of benzene rings is 1. The second kappa shape index (κ2) is 7.74. The topological polar surface area (TPSA) is 51.0 Å². The van der Waals surface area contributed by atoms with Crippen molar-refractivity contribution in [2.75, 3.05) is 13.1 Å². The molecule has 0 aliphatic carbocycles. The van der Waals surface area contributed by atoms with Gasteiger partial charge in [0.15, 0.2) is 5.65 Å². The zero-order chi connectivity index (χ0) is 22.3. The fraction of sp³-hybridized carbons (Fsp3) is 0.409. The number of pyridine rings is 1. The van der Waals surface area contributed by atoms with E-state index in [1.165, 1.54) is 0 Å². The number of hydrogen-bond donors (Lipinski definition) is 0. The first-order valence-electron chi connectivity index (χ1n) is 9.61. The van der Waals surface area contributed by atoms with E-state index in [9.17, 15) is 18.0 Å². The fourth-order valence-electron chi connectivity index (χ4n) is 3.53. The van der Waals surface area contributed by atoms with E-state index in [0.717, 1.165) is 10.5 Å². The van der Waals surface area contributed by atoms with Crippen LogP contribution in [-0.2, 0) is 7.05 Å². The van der Waals surface area contributed by atoms with Gasteiger partial charge in [-0.1, -0.05) is 51.1 Å². The van der Waals surface area contributed by atoms with Crippen molar-refractivity contribution in [3.63, 3.8) is 0 Å². The van der Waals surface area contributed by atoms with Crippen LogP contribution in [0.2, 0.25) is 0 Å². The maximum absolute atomic E-state index is 13.4. The summed E-state index contributed by atoms with van der Waals surface area (Å²) in [6, 6.07) is 10.8. The molecule has 3 aromatic rings. The van der Waals surface area contributed by atoms with Crippen LogP contribution in [0.5, 0.6) is 0 Å². The highest BCUT2D eigenvalue weighted by molar-refractivity contribution is 6.07. The Kier molecular flexibility index (Phi) is 5.62. The van der Waals surface area contributed by atoms with Gasteiger partial charge >= 0.3 is 6.18 Å². The normalized spacial score (nSPS) is 12.4. The quantitative estimate of drug-likeness (QED) is 0.600. The summed E-state index contributed by atoms with van der Waals surface area (Å²) in [6.45, 7) is 5.78. The molecule has 0 bridgehead atoms. The molecule has 8 heteroatoms. The van der Waals surface area contributed by atoms with Crippen LogP contribution in [0.25, 0.3) is 22.3 Å². The Morgan fingerprint density at radius 1 is 1.10 bits per heavy atom. The summed E-state index contributed by atoms with van der Waals surface area (Å²) in [6.07, 6.45) is -4.50. The molecule has 0 aliphatic heterocycles. The first kappa shape index (κ1) is 21.8. The van der Waals surface area contributed by atoms with Crippen molar-refractivity contribution in [2.45, 2.75) is 33.9 Å². The SMILES string of the molecule is Cc1nn(C)c2nc(-c3ccccc3)cc(C(=O)N(CC(C)(C)C)CC(F)(F)F)c12. The van der Waals surface area contributed by atoms with E-state index in [4.69, 9.17) is 0 Å². The van der Waals surface area contributed by atoms with E-state index in [1.54, 1.807) is 45.5 Å². The zero-order valence-corrected chi connectivity index (χ0v) is 17.7. The van der Waals surface area contributed by atoms with Crippen LogP contribution in [0.15, 0.2) is 36.4 Å². The molecule has 2 heterocycles. The van der Waals surface area contributed by atoms with Crippen LogP contribution < -0.4 is 0 Å². The maximum Gasteiger partial charge on any atom is 0.406 e. The molecular weight excluding hydrogens is 393 g/mol. The Morgan fingerprint density at radius 2 is 1.73 bits per heavy atom. The molecule has 0 aliphatic rings. The first-order chi connectivity index (χ1) is 13.9. The van der Waals surface area contributed by atoms with E-state index < -0.39 is 24.0 Å². The Morgan fingerprint density at radius 3 is 2.30 bits per heavy atom. The van der Waals surface area contributed by atoms with E-state index in [-0.39, 0.29) is 12.1 Å². The lowest BCUT2D eigenvalue weighted by Crippen LogP contribution is -2.43. The minimum atomic E-state index is -4.50. The average Bonchev–Trinajstić information content (AvgIpc) is 2.92. The molecule has 2 aromatic heterocycles. The molecule has 0 saturated heterocycles. The molecule has 0 N–H and O–H groups in total. The summed E-state index contributed by atoms with van der Waals surface area (Å²) in [5, 5.41) is 4.81. The van der Waals surface area contributed by atoms with Crippen LogP contribution in [0.4, 0.5) is 13.2 Å². The van der Waals surface area contributed by atoms with E-state index >= 15 is 0 Å². The summed E-state index contributed by atoms with van der Waals surface area (Å²) in [7, 11) is 1.70. The van der Waals surface area contributed by atoms with Gasteiger partial charge in [0.2, 0.25) is 0 Å². The number of aromatic nitrogens is 3. The molecule has 1 aromatic carbocycles. The summed E-state index contributed by atoms with van der Waals surface area (Å²) >= 11 is 0. The van der Waals surface area contributed by atoms with Crippen LogP contribution >= 0.6 is 0 Å². The van der Waals surface area contributed by atoms with Crippen LogP contribution in [-0.4, -0.2) is 44.8 Å². The largest absolute Gasteiger partial charge is 0.406 e. The monoisotopic (exact) mass is 418 g/mol. The highest BCUT2D eigenvalue weighted by Gasteiger charge is 2.36. The lowest BCUT2D eigenvalue weighted by atomic mass is 9.95. The van der Waals surface area contributed by atoms with E-state index in [0.29, 0.717) is 22.4 Å². The number of carbonyl (C=O) groups is 1. The van der Waals surface area contributed by atoms with Crippen molar-refractivity contribution >= 4 is 16.9 Å². The van der Waals surface area contributed by atoms with Crippen molar-refractivity contribution in [3.05, 3.63) is 47.7 Å². The lowest BCUT2D eigenvalue weighted by Gasteiger charge is -2.31. The summed E-state index contributed by atoms with van der Waals surface area (Å²) in [5.41, 5.74) is 1.96. The number of halogens is 3. The Balaban J connectivity index is 2.20. The smallest absolute Gasteiger partial charge is 0.329 e. The number of carbonyl (C=O) groups excluding carboxylic acids is 1. The number of hydrogen-bond acceptors (Lipinski definition) is 3. The highest BCUT2D eigenvalue weighted by Crippen LogP contribution is 2.30. The van der Waals surface area contributed by atoms with Crippen molar-refractivity contribution in [1.82, 2.24) is 19.7 Å². The molecule has 0 fully saturated rings. The van der Waals surface area contributed by atoms with Gasteiger partial charge in [0.1, 0.15) is 6.54 Å². The Bertz CT molecular complexity index is 1050. The van der Waals surface area contributed by atoms with Gasteiger partial charge in [-0.15, -0.1) is 0 Å². The van der Waals surface area contributed by atoms with Crippen molar-refractivity contribution in [2.24, 2.45) is 12.5 Å². The molecule has 30 heavy (non-hydrogen) atoms. The molecule has 0 unspecified atom stereocenters. The van der Waals surface area contributed by atoms with E-state index in [2.05, 4.69) is 10.1 Å². The third-order valence-electron chi connectivity index (χ3n) is 4.59. The minimum Gasteiger partial charge on any atom is -0.329 e. The van der Waals surface area contributed by atoms with Crippen LogP contribution in [0, 0.1) is 12.3 Å². The zero-order valence-electron chi connectivity index (χ0n) is 17.7. The second-order valence-electron chi connectivity index (χ2n) is 8.67. The van der Waals surface area contributed by atoms with Gasteiger partial charge < -0.3 is 4.90 Å². The molecular formula is C22H25F3N4O. The summed E-state index contributed by atoms with van der Waals surface area (Å²) in [5.74, 6) is -0.678. The van der Waals surface area contributed by atoms with E-state index in [1.807, 2.05) is 30.3 Å². The van der Waals surface area contributed by atoms with Gasteiger partial charge in [-0.05, 0) is 18.4 Å². The molecule has 1 amide bonds. The Hall–Kier alpha value is -2.90. The second-order valence-corrected chi connectivity index (χ2v) is 8.67. The number of rotatable bonds is 4. The van der Waals surface area contributed by atoms with Gasteiger partial charge in [-0.2, -0.15) is 18.3 Å². The molecule has 0 atom stereocenters. The standard InChI is InChI=1S/C22H25F3N4O/c1-14-18-16(20(30)29(12-21(2,3)4)13-22(23,24)25)11-17(15-9-7-6-8-10-15)26-19(18)28(5)27-14/h6-11H,12-13H2,1-5H3. The predicted octanol–water partition coefficient (Wildman–Crippen LogP) is 4.99. The summed E-state index contributed by atoms with van der Waals surface area (Å²) < 4.78 is 41.4. The van der Waals surface area contributed by atoms with Crippen molar-refractivity contribution in [1.29, 1.82) is 0 Å². The van der Waals surface area contributed by atoms with Crippen LogP contribution in [0.1, 0.15) is 36.8 Å². The molecule has 0 saturated carbocycles.